The van der Waals surface area contributed by atoms with E-state index in [1.54, 1.807) is 11.3 Å². The van der Waals surface area contributed by atoms with Crippen molar-refractivity contribution in [3.05, 3.63) is 27.2 Å². The minimum Gasteiger partial charge on any atom is -0.305 e. The maximum absolute atomic E-state index is 4.47. The second kappa shape index (κ2) is 5.29. The Morgan fingerprint density at radius 3 is 2.80 bits per heavy atom. The van der Waals surface area contributed by atoms with Gasteiger partial charge in [0.1, 0.15) is 0 Å². The SMILES string of the molecule is CCc1nc(CNCc2csnn2)cs1. The van der Waals surface area contributed by atoms with Crippen LogP contribution in [-0.2, 0) is 19.5 Å². The van der Waals surface area contributed by atoms with Crippen LogP contribution in [0, 0.1) is 0 Å². The van der Waals surface area contributed by atoms with Gasteiger partial charge in [-0.25, -0.2) is 4.98 Å². The first-order valence-electron chi connectivity index (χ1n) is 4.78. The molecule has 0 spiro atoms. The van der Waals surface area contributed by atoms with Crippen molar-refractivity contribution in [1.82, 2.24) is 19.9 Å². The van der Waals surface area contributed by atoms with Gasteiger partial charge < -0.3 is 5.32 Å². The summed E-state index contributed by atoms with van der Waals surface area (Å²) in [6.45, 7) is 3.68. The molecule has 0 bridgehead atoms. The number of nitrogens with one attached hydrogen (secondary N) is 1. The van der Waals surface area contributed by atoms with E-state index in [1.807, 2.05) is 5.38 Å². The monoisotopic (exact) mass is 240 g/mol. The van der Waals surface area contributed by atoms with Crippen molar-refractivity contribution >= 4 is 22.9 Å². The maximum Gasteiger partial charge on any atom is 0.0926 e. The average molecular weight is 240 g/mol. The summed E-state index contributed by atoms with van der Waals surface area (Å²) in [7, 11) is 0. The van der Waals surface area contributed by atoms with Gasteiger partial charge in [-0.2, -0.15) is 0 Å². The normalized spacial score (nSPS) is 10.7. The van der Waals surface area contributed by atoms with Gasteiger partial charge in [-0.1, -0.05) is 11.4 Å². The van der Waals surface area contributed by atoms with Crippen LogP contribution in [0.15, 0.2) is 10.8 Å². The van der Waals surface area contributed by atoms with Crippen molar-refractivity contribution < 1.29 is 0 Å². The fourth-order valence-corrected chi connectivity index (χ4v) is 2.37. The van der Waals surface area contributed by atoms with Gasteiger partial charge in [-0.15, -0.1) is 16.4 Å². The van der Waals surface area contributed by atoms with Crippen LogP contribution < -0.4 is 5.32 Å². The molecule has 2 aromatic heterocycles. The molecule has 1 N–H and O–H groups in total. The molecule has 80 valence electrons. The molecule has 0 aromatic carbocycles. The van der Waals surface area contributed by atoms with Gasteiger partial charge in [0.05, 0.1) is 16.4 Å². The highest BCUT2D eigenvalue weighted by Crippen LogP contribution is 2.09. The molecule has 2 heterocycles. The molecule has 15 heavy (non-hydrogen) atoms. The van der Waals surface area contributed by atoms with Crippen LogP contribution in [0.4, 0.5) is 0 Å². The lowest BCUT2D eigenvalue weighted by molar-refractivity contribution is 0.666. The Kier molecular flexibility index (Phi) is 3.76. The highest BCUT2D eigenvalue weighted by atomic mass is 32.1. The smallest absolute Gasteiger partial charge is 0.0926 e. The van der Waals surface area contributed by atoms with Crippen LogP contribution in [-0.4, -0.2) is 14.6 Å². The van der Waals surface area contributed by atoms with Crippen molar-refractivity contribution in [2.45, 2.75) is 26.4 Å². The second-order valence-corrected chi connectivity index (χ2v) is 4.64. The summed E-state index contributed by atoms with van der Waals surface area (Å²) in [5.41, 5.74) is 2.10. The number of aromatic nitrogens is 3. The molecule has 2 aromatic rings. The highest BCUT2D eigenvalue weighted by Gasteiger charge is 2.00. The molecular weight excluding hydrogens is 228 g/mol. The second-order valence-electron chi connectivity index (χ2n) is 3.09. The zero-order chi connectivity index (χ0) is 10.5. The first-order valence-corrected chi connectivity index (χ1v) is 6.50. The van der Waals surface area contributed by atoms with Crippen LogP contribution in [0.25, 0.3) is 0 Å². The number of aryl methyl sites for hydroxylation is 1. The number of hydrogen-bond acceptors (Lipinski definition) is 6. The van der Waals surface area contributed by atoms with Crippen molar-refractivity contribution in [2.24, 2.45) is 0 Å². The zero-order valence-electron chi connectivity index (χ0n) is 8.43. The summed E-state index contributed by atoms with van der Waals surface area (Å²) in [6, 6.07) is 0. The number of thiazole rings is 1. The first kappa shape index (κ1) is 10.7. The zero-order valence-corrected chi connectivity index (χ0v) is 10.1. The van der Waals surface area contributed by atoms with Crippen LogP contribution >= 0.6 is 22.9 Å². The Hall–Kier alpha value is -0.850. The average Bonchev–Trinajstić information content (AvgIpc) is 2.88. The summed E-state index contributed by atoms with van der Waals surface area (Å²) >= 11 is 3.10. The van der Waals surface area contributed by atoms with Gasteiger partial charge in [-0.3, -0.25) is 0 Å². The van der Waals surface area contributed by atoms with E-state index in [4.69, 9.17) is 0 Å². The lowest BCUT2D eigenvalue weighted by atomic mass is 10.4. The van der Waals surface area contributed by atoms with Crippen molar-refractivity contribution in [2.75, 3.05) is 0 Å². The third kappa shape index (κ3) is 3.05. The van der Waals surface area contributed by atoms with Gasteiger partial charge in [0.25, 0.3) is 0 Å². The molecule has 0 amide bonds. The van der Waals surface area contributed by atoms with E-state index >= 15 is 0 Å². The van der Waals surface area contributed by atoms with Crippen molar-refractivity contribution in [3.8, 4) is 0 Å². The highest BCUT2D eigenvalue weighted by molar-refractivity contribution is 7.09. The van der Waals surface area contributed by atoms with Crippen molar-refractivity contribution in [1.29, 1.82) is 0 Å². The maximum atomic E-state index is 4.47. The third-order valence-corrected chi connectivity index (χ3v) is 3.51. The molecule has 0 atom stereocenters. The molecule has 6 heteroatoms. The van der Waals surface area contributed by atoms with E-state index in [0.717, 1.165) is 30.9 Å². The Labute approximate surface area is 96.5 Å². The van der Waals surface area contributed by atoms with E-state index in [-0.39, 0.29) is 0 Å². The number of nitrogens with zero attached hydrogens (tertiary/aromatic N) is 3. The van der Waals surface area contributed by atoms with E-state index in [2.05, 4.69) is 32.2 Å². The van der Waals surface area contributed by atoms with Gasteiger partial charge in [0.15, 0.2) is 0 Å². The molecule has 0 saturated heterocycles. The Morgan fingerprint density at radius 2 is 2.13 bits per heavy atom. The summed E-state index contributed by atoms with van der Waals surface area (Å²) in [4.78, 5) is 4.47. The fraction of sp³-hybridized carbons (Fsp3) is 0.444. The van der Waals surface area contributed by atoms with Crippen LogP contribution in [0.1, 0.15) is 23.3 Å². The Bertz CT molecular complexity index is 396. The van der Waals surface area contributed by atoms with Gasteiger partial charge >= 0.3 is 0 Å². The Morgan fingerprint density at radius 1 is 1.27 bits per heavy atom. The van der Waals surface area contributed by atoms with Gasteiger partial charge in [0, 0.05) is 23.8 Å². The minimum absolute atomic E-state index is 0.759. The van der Waals surface area contributed by atoms with E-state index in [0.29, 0.717) is 0 Å². The molecule has 0 fully saturated rings. The predicted molar refractivity (Wildman–Crippen MR) is 61.9 cm³/mol. The number of hydrogen-bond donors (Lipinski definition) is 1. The minimum atomic E-state index is 0.759. The quantitative estimate of drug-likeness (QED) is 0.866. The lowest BCUT2D eigenvalue weighted by Gasteiger charge is -1.98. The molecule has 0 aliphatic heterocycles. The third-order valence-electron chi connectivity index (χ3n) is 1.92. The van der Waals surface area contributed by atoms with Crippen LogP contribution in [0.3, 0.4) is 0 Å². The van der Waals surface area contributed by atoms with E-state index in [9.17, 15) is 0 Å². The van der Waals surface area contributed by atoms with Crippen molar-refractivity contribution in [3.63, 3.8) is 0 Å². The standard InChI is InChI=1S/C9H12N4S2/c1-2-9-11-7(5-14-9)3-10-4-8-6-15-13-12-8/h5-6,10H,2-4H2,1H3. The summed E-state index contributed by atoms with van der Waals surface area (Å²) < 4.78 is 3.80. The summed E-state index contributed by atoms with van der Waals surface area (Å²) in [5.74, 6) is 0. The lowest BCUT2D eigenvalue weighted by Crippen LogP contribution is -2.13. The molecule has 0 aliphatic carbocycles. The van der Waals surface area contributed by atoms with E-state index in [1.165, 1.54) is 16.5 Å². The van der Waals surface area contributed by atoms with Gasteiger partial charge in [0.2, 0.25) is 0 Å². The molecule has 0 aliphatic rings. The van der Waals surface area contributed by atoms with Gasteiger partial charge in [-0.05, 0) is 18.0 Å². The van der Waals surface area contributed by atoms with E-state index < -0.39 is 0 Å². The fourth-order valence-electron chi connectivity index (χ4n) is 1.17. The van der Waals surface area contributed by atoms with Crippen LogP contribution in [0.5, 0.6) is 0 Å². The predicted octanol–water partition coefficient (Wildman–Crippen LogP) is 1.85. The number of rotatable bonds is 5. The molecule has 2 rings (SSSR count). The molecule has 0 unspecified atom stereocenters. The van der Waals surface area contributed by atoms with Crippen LogP contribution in [0.2, 0.25) is 0 Å². The topological polar surface area (TPSA) is 50.7 Å². The largest absolute Gasteiger partial charge is 0.305 e. The molecular formula is C9H12N4S2. The molecule has 4 nitrogen and oxygen atoms in total. The first-order chi connectivity index (χ1) is 7.38. The Balaban J connectivity index is 1.78. The summed E-state index contributed by atoms with van der Waals surface area (Å²) in [5, 5.41) is 12.5. The summed E-state index contributed by atoms with van der Waals surface area (Å²) in [6.07, 6.45) is 1.01. The molecule has 0 saturated carbocycles. The molecule has 0 radical (unpaired) electrons.